The fourth-order valence-electron chi connectivity index (χ4n) is 2.17. The highest BCUT2D eigenvalue weighted by Crippen LogP contribution is 2.36. The minimum Gasteiger partial charge on any atom is -0.485 e. The summed E-state index contributed by atoms with van der Waals surface area (Å²) in [5, 5.41) is 8.60. The first-order valence-electron chi connectivity index (χ1n) is 7.13. The second-order valence-corrected chi connectivity index (χ2v) is 5.81. The summed E-state index contributed by atoms with van der Waals surface area (Å²) in [6, 6.07) is 13.3. The number of rotatable bonds is 4. The highest BCUT2D eigenvalue weighted by Gasteiger charge is 2.27. The summed E-state index contributed by atoms with van der Waals surface area (Å²) in [5.74, 6) is 2.51. The van der Waals surface area contributed by atoms with Gasteiger partial charge in [-0.1, -0.05) is 30.0 Å². The number of para-hydroxylation sites is 2. The van der Waals surface area contributed by atoms with E-state index < -0.39 is 0 Å². The summed E-state index contributed by atoms with van der Waals surface area (Å²) in [6.07, 6.45) is 1.38. The molecule has 23 heavy (non-hydrogen) atoms. The number of nitrogens with zero attached hydrogens (tertiary/aromatic N) is 3. The summed E-state index contributed by atoms with van der Waals surface area (Å²) in [5.41, 5.74) is 0.962. The average Bonchev–Trinajstić information content (AvgIpc) is 3.09. The summed E-state index contributed by atoms with van der Waals surface area (Å²) >= 11 is 1.44. The van der Waals surface area contributed by atoms with Crippen LogP contribution in [0.5, 0.6) is 11.5 Å². The Morgan fingerprint density at radius 3 is 2.78 bits per heavy atom. The highest BCUT2D eigenvalue weighted by atomic mass is 32.2. The summed E-state index contributed by atoms with van der Waals surface area (Å²) in [6.45, 7) is 0.351. The van der Waals surface area contributed by atoms with E-state index >= 15 is 0 Å². The van der Waals surface area contributed by atoms with E-state index in [2.05, 4.69) is 15.2 Å². The molecule has 1 atom stereocenters. The fraction of sp³-hybridized carbons (Fsp3) is 0.188. The molecule has 4 rings (SSSR count). The van der Waals surface area contributed by atoms with E-state index in [4.69, 9.17) is 13.9 Å². The van der Waals surface area contributed by atoms with Crippen molar-refractivity contribution in [3.05, 3.63) is 60.2 Å². The molecule has 0 saturated heterocycles. The van der Waals surface area contributed by atoms with E-state index in [0.717, 1.165) is 11.4 Å². The van der Waals surface area contributed by atoms with Gasteiger partial charge in [-0.05, 0) is 24.3 Å². The van der Waals surface area contributed by atoms with E-state index in [0.29, 0.717) is 29.2 Å². The van der Waals surface area contributed by atoms with Crippen LogP contribution >= 0.6 is 11.8 Å². The zero-order chi connectivity index (χ0) is 15.5. The normalized spacial score (nSPS) is 16.3. The molecule has 3 heterocycles. The predicted molar refractivity (Wildman–Crippen MR) is 83.4 cm³/mol. The van der Waals surface area contributed by atoms with Gasteiger partial charge >= 0.3 is 0 Å². The van der Waals surface area contributed by atoms with E-state index in [1.807, 2.05) is 42.5 Å². The zero-order valence-electron chi connectivity index (χ0n) is 12.1. The Labute approximate surface area is 136 Å². The summed E-state index contributed by atoms with van der Waals surface area (Å²) in [4.78, 5) is 4.26. The predicted octanol–water partition coefficient (Wildman–Crippen LogP) is 3.27. The van der Waals surface area contributed by atoms with E-state index in [9.17, 15) is 0 Å². The number of fused-ring (bicyclic) bond motifs is 1. The van der Waals surface area contributed by atoms with Crippen molar-refractivity contribution in [3.63, 3.8) is 0 Å². The van der Waals surface area contributed by atoms with Gasteiger partial charge in [0.2, 0.25) is 6.10 Å². The molecule has 1 unspecified atom stereocenters. The van der Waals surface area contributed by atoms with Gasteiger partial charge in [-0.25, -0.2) is 0 Å². The van der Waals surface area contributed by atoms with Crippen molar-refractivity contribution in [1.29, 1.82) is 0 Å². The van der Waals surface area contributed by atoms with Gasteiger partial charge in [-0.2, -0.15) is 0 Å². The lowest BCUT2D eigenvalue weighted by Crippen LogP contribution is -2.21. The van der Waals surface area contributed by atoms with Crippen molar-refractivity contribution >= 4 is 11.8 Å². The van der Waals surface area contributed by atoms with Crippen molar-refractivity contribution in [2.24, 2.45) is 0 Å². The van der Waals surface area contributed by atoms with Crippen molar-refractivity contribution in [2.45, 2.75) is 17.1 Å². The van der Waals surface area contributed by atoms with Crippen LogP contribution < -0.4 is 9.47 Å². The van der Waals surface area contributed by atoms with Crippen molar-refractivity contribution in [1.82, 2.24) is 15.2 Å². The molecule has 0 bridgehead atoms. The van der Waals surface area contributed by atoms with Crippen LogP contribution in [-0.4, -0.2) is 21.8 Å². The molecular formula is C16H13N3O3S. The lowest BCUT2D eigenvalue weighted by molar-refractivity contribution is 0.0686. The van der Waals surface area contributed by atoms with Crippen LogP contribution in [-0.2, 0) is 5.75 Å². The first-order chi connectivity index (χ1) is 11.4. The van der Waals surface area contributed by atoms with Gasteiger partial charge in [0.1, 0.15) is 6.61 Å². The maximum absolute atomic E-state index is 5.85. The Morgan fingerprint density at radius 1 is 1.04 bits per heavy atom. The molecule has 3 aromatic rings. The standard InChI is InChI=1S/C16H13N3O3S/c1-2-7-13-12(6-1)20-9-14(21-13)15-18-19-16(22-15)23-10-11-5-3-4-8-17-11/h1-8,14H,9-10H2. The Morgan fingerprint density at radius 2 is 1.91 bits per heavy atom. The molecule has 0 N–H and O–H groups in total. The number of benzene rings is 1. The molecule has 0 radical (unpaired) electrons. The Hall–Kier alpha value is -2.54. The molecule has 0 fully saturated rings. The Bertz CT molecular complexity index is 794. The maximum atomic E-state index is 5.85. The Balaban J connectivity index is 1.42. The molecular weight excluding hydrogens is 314 g/mol. The third kappa shape index (κ3) is 3.14. The minimum absolute atomic E-state index is 0.351. The van der Waals surface area contributed by atoms with Crippen LogP contribution in [0.4, 0.5) is 0 Å². The summed E-state index contributed by atoms with van der Waals surface area (Å²) in [7, 11) is 0. The molecule has 1 aliphatic heterocycles. The summed E-state index contributed by atoms with van der Waals surface area (Å²) < 4.78 is 17.2. The third-order valence-corrected chi connectivity index (χ3v) is 4.13. The number of ether oxygens (including phenoxy) is 2. The van der Waals surface area contributed by atoms with E-state index in [-0.39, 0.29) is 6.10 Å². The number of pyridine rings is 1. The SMILES string of the molecule is c1ccc(CSc2nnc(C3COc4ccccc4O3)o2)nc1. The number of aromatic nitrogens is 3. The van der Waals surface area contributed by atoms with Crippen LogP contribution in [0.2, 0.25) is 0 Å². The molecule has 0 saturated carbocycles. The van der Waals surface area contributed by atoms with Gasteiger partial charge in [0.25, 0.3) is 11.1 Å². The minimum atomic E-state index is -0.387. The van der Waals surface area contributed by atoms with Gasteiger partial charge < -0.3 is 13.9 Å². The lowest BCUT2D eigenvalue weighted by atomic mass is 10.2. The molecule has 1 aliphatic rings. The van der Waals surface area contributed by atoms with E-state index in [1.165, 1.54) is 11.8 Å². The molecule has 2 aromatic heterocycles. The molecule has 0 amide bonds. The lowest BCUT2D eigenvalue weighted by Gasteiger charge is -2.23. The van der Waals surface area contributed by atoms with E-state index in [1.54, 1.807) is 6.20 Å². The zero-order valence-corrected chi connectivity index (χ0v) is 12.9. The van der Waals surface area contributed by atoms with Crippen molar-refractivity contribution in [2.75, 3.05) is 6.61 Å². The van der Waals surface area contributed by atoms with Crippen LogP contribution in [0.1, 0.15) is 17.7 Å². The smallest absolute Gasteiger partial charge is 0.277 e. The van der Waals surface area contributed by atoms with Crippen LogP contribution in [0.15, 0.2) is 58.3 Å². The highest BCUT2D eigenvalue weighted by molar-refractivity contribution is 7.98. The second-order valence-electron chi connectivity index (χ2n) is 4.88. The monoisotopic (exact) mass is 327 g/mol. The van der Waals surface area contributed by atoms with Crippen LogP contribution in [0.3, 0.4) is 0 Å². The number of hydrogen-bond acceptors (Lipinski definition) is 7. The molecule has 0 aliphatic carbocycles. The van der Waals surface area contributed by atoms with Crippen molar-refractivity contribution < 1.29 is 13.9 Å². The van der Waals surface area contributed by atoms with Gasteiger partial charge in [0, 0.05) is 11.9 Å². The third-order valence-electron chi connectivity index (χ3n) is 3.28. The first-order valence-corrected chi connectivity index (χ1v) is 8.11. The maximum Gasteiger partial charge on any atom is 0.277 e. The van der Waals surface area contributed by atoms with Gasteiger partial charge in [-0.3, -0.25) is 4.98 Å². The van der Waals surface area contributed by atoms with Crippen molar-refractivity contribution in [3.8, 4) is 11.5 Å². The number of thioether (sulfide) groups is 1. The second kappa shape index (κ2) is 6.29. The Kier molecular flexibility index (Phi) is 3.85. The first kappa shape index (κ1) is 14.1. The molecule has 116 valence electrons. The van der Waals surface area contributed by atoms with Gasteiger partial charge in [0.15, 0.2) is 11.5 Å². The van der Waals surface area contributed by atoms with Gasteiger partial charge in [0.05, 0.1) is 5.69 Å². The van der Waals surface area contributed by atoms with Crippen LogP contribution in [0, 0.1) is 0 Å². The largest absolute Gasteiger partial charge is 0.485 e. The fourth-order valence-corrected chi connectivity index (χ4v) is 2.85. The molecule has 7 heteroatoms. The average molecular weight is 327 g/mol. The number of hydrogen-bond donors (Lipinski definition) is 0. The topological polar surface area (TPSA) is 70.3 Å². The molecule has 1 aromatic carbocycles. The van der Waals surface area contributed by atoms with Crippen LogP contribution in [0.25, 0.3) is 0 Å². The molecule has 6 nitrogen and oxygen atoms in total. The van der Waals surface area contributed by atoms with Gasteiger partial charge in [-0.15, -0.1) is 10.2 Å². The quantitative estimate of drug-likeness (QED) is 0.681. The molecule has 0 spiro atoms.